The zero-order valence-electron chi connectivity index (χ0n) is 19.8. The second-order valence-electron chi connectivity index (χ2n) is 8.27. The van der Waals surface area contributed by atoms with Crippen LogP contribution in [0.2, 0.25) is 0 Å². The summed E-state index contributed by atoms with van der Waals surface area (Å²) in [7, 11) is -2.46. The Morgan fingerprint density at radius 2 is 1.14 bits per heavy atom. The minimum absolute atomic E-state index is 0.111. The van der Waals surface area contributed by atoms with E-state index in [4.69, 9.17) is 0 Å². The molecule has 1 atom stereocenters. The van der Waals surface area contributed by atoms with E-state index in [0.717, 1.165) is 26.6 Å². The molecular weight excluding hydrogens is 483 g/mol. The van der Waals surface area contributed by atoms with E-state index in [1.165, 1.54) is 11.3 Å². The molecule has 0 radical (unpaired) electrons. The highest BCUT2D eigenvalue weighted by molar-refractivity contribution is 7.96. The fraction of sp³-hybridized carbons (Fsp3) is 0.0690. The first-order valence-corrected chi connectivity index (χ1v) is 14.3. The van der Waals surface area contributed by atoms with Crippen LogP contribution in [-0.4, -0.2) is 16.1 Å². The molecule has 5 aromatic rings. The zero-order chi connectivity index (χ0) is 24.8. The van der Waals surface area contributed by atoms with Crippen molar-refractivity contribution in [3.05, 3.63) is 126 Å². The summed E-state index contributed by atoms with van der Waals surface area (Å²) in [4.78, 5) is 12.7. The van der Waals surface area contributed by atoms with Gasteiger partial charge in [-0.05, 0) is 48.5 Å². The Balaban J connectivity index is 1.74. The van der Waals surface area contributed by atoms with Crippen molar-refractivity contribution in [3.63, 3.8) is 0 Å². The molecule has 1 aromatic heterocycles. The Hall–Kier alpha value is -3.86. The van der Waals surface area contributed by atoms with Crippen molar-refractivity contribution in [1.82, 2.24) is 15.5 Å². The minimum atomic E-state index is -2.46. The third kappa shape index (κ3) is 4.78. The summed E-state index contributed by atoms with van der Waals surface area (Å²) in [5.74, 6) is -0.508. The van der Waals surface area contributed by atoms with Crippen LogP contribution < -0.4 is 26.5 Å². The Labute approximate surface area is 215 Å². The van der Waals surface area contributed by atoms with Gasteiger partial charge in [-0.3, -0.25) is 4.79 Å². The van der Waals surface area contributed by atoms with Crippen LogP contribution in [0.5, 0.6) is 0 Å². The second-order valence-corrected chi connectivity index (χ2v) is 12.8. The summed E-state index contributed by atoms with van der Waals surface area (Å²) in [6.45, 7) is 1.56. The van der Waals surface area contributed by atoms with Crippen LogP contribution in [-0.2, 0) is 4.79 Å². The lowest BCUT2D eigenvalue weighted by molar-refractivity contribution is -0.119. The van der Waals surface area contributed by atoms with Gasteiger partial charge in [-0.2, -0.15) is 0 Å². The maximum absolute atomic E-state index is 12.7. The summed E-state index contributed by atoms with van der Waals surface area (Å²) in [5, 5.41) is 20.7. The molecule has 0 aliphatic carbocycles. The van der Waals surface area contributed by atoms with Gasteiger partial charge in [0.2, 0.25) is 16.8 Å². The topological polar surface area (TPSA) is 66.9 Å². The summed E-state index contributed by atoms with van der Waals surface area (Å²) in [5.41, 5.74) is 0.937. The van der Waals surface area contributed by atoms with Gasteiger partial charge in [-0.25, -0.2) is 0 Å². The molecule has 0 fully saturated rings. The monoisotopic (exact) mass is 509 g/mol. The summed E-state index contributed by atoms with van der Waals surface area (Å²) in [6, 6.07) is 41.3. The first kappa shape index (κ1) is 23.9. The van der Waals surface area contributed by atoms with E-state index in [9.17, 15) is 4.79 Å². The molecule has 0 bridgehead atoms. The third-order valence-electron chi connectivity index (χ3n) is 5.92. The number of amides is 1. The molecule has 1 unspecified atom stereocenters. The van der Waals surface area contributed by atoms with Crippen molar-refractivity contribution in [1.29, 1.82) is 0 Å². The van der Waals surface area contributed by atoms with Gasteiger partial charge >= 0.3 is 0 Å². The van der Waals surface area contributed by atoms with Gasteiger partial charge in [-0.15, -0.1) is 10.2 Å². The second kappa shape index (κ2) is 10.8. The molecule has 36 heavy (non-hydrogen) atoms. The van der Waals surface area contributed by atoms with E-state index >= 15 is 0 Å². The summed E-state index contributed by atoms with van der Waals surface area (Å²) < 4.78 is 0. The van der Waals surface area contributed by atoms with Crippen molar-refractivity contribution >= 4 is 51.2 Å². The van der Waals surface area contributed by atoms with E-state index in [0.29, 0.717) is 5.13 Å². The molecule has 0 aliphatic heterocycles. The van der Waals surface area contributed by atoms with Crippen LogP contribution >= 0.6 is 18.6 Å². The maximum Gasteiger partial charge on any atom is 0.220 e. The normalized spacial score (nSPS) is 12.0. The SMILES string of the molecule is CC(=O)NC(c1nnc(Nc2ccccc2)s1)[P+](c1ccccc1)(c1ccccc1)c1ccccc1. The van der Waals surface area contributed by atoms with Gasteiger partial charge in [0.25, 0.3) is 0 Å². The van der Waals surface area contributed by atoms with E-state index in [1.807, 2.05) is 48.5 Å². The maximum atomic E-state index is 12.7. The Bertz CT molecular complexity index is 1320. The van der Waals surface area contributed by atoms with Crippen LogP contribution in [0.4, 0.5) is 10.8 Å². The highest BCUT2D eigenvalue weighted by Crippen LogP contribution is 2.65. The standard InChI is InChI=1S/C29H25N4OPS/c1-22(34)30-27(28-32-33-29(36-28)31-23-14-6-2-7-15-23)35(24-16-8-3-9-17-24,25-18-10-4-11-19-25)26-20-12-5-13-21-26/h2-21,27H,1H3,(H-,30,31,33,34)/p+1. The predicted octanol–water partition coefficient (Wildman–Crippen LogP) is 5.41. The van der Waals surface area contributed by atoms with Crippen LogP contribution in [0, 0.1) is 0 Å². The van der Waals surface area contributed by atoms with Gasteiger partial charge in [0.1, 0.15) is 23.2 Å². The number of rotatable bonds is 8. The van der Waals surface area contributed by atoms with Gasteiger partial charge in [-0.1, -0.05) is 84.1 Å². The van der Waals surface area contributed by atoms with E-state index in [1.54, 1.807) is 6.92 Å². The van der Waals surface area contributed by atoms with Crippen molar-refractivity contribution in [3.8, 4) is 0 Å². The minimum Gasteiger partial charge on any atom is -0.330 e. The van der Waals surface area contributed by atoms with Gasteiger partial charge in [0.05, 0.1) is 0 Å². The van der Waals surface area contributed by atoms with E-state index < -0.39 is 13.0 Å². The van der Waals surface area contributed by atoms with Crippen LogP contribution in [0.25, 0.3) is 0 Å². The number of carbonyl (C=O) groups is 1. The number of hydrogen-bond donors (Lipinski definition) is 2. The number of nitrogens with one attached hydrogen (secondary N) is 2. The smallest absolute Gasteiger partial charge is 0.220 e. The molecule has 0 aliphatic rings. The molecule has 178 valence electrons. The van der Waals surface area contributed by atoms with Crippen LogP contribution in [0.15, 0.2) is 121 Å². The number of carbonyl (C=O) groups excluding carboxylic acids is 1. The predicted molar refractivity (Wildman–Crippen MR) is 151 cm³/mol. The average molecular weight is 510 g/mol. The number of hydrogen-bond acceptors (Lipinski definition) is 5. The van der Waals surface area contributed by atoms with Crippen molar-refractivity contribution < 1.29 is 4.79 Å². The van der Waals surface area contributed by atoms with E-state index in [-0.39, 0.29) is 5.91 Å². The van der Waals surface area contributed by atoms with Crippen molar-refractivity contribution in [2.24, 2.45) is 0 Å². The first-order valence-electron chi connectivity index (χ1n) is 11.7. The van der Waals surface area contributed by atoms with Gasteiger partial charge in [0, 0.05) is 12.6 Å². The van der Waals surface area contributed by atoms with Gasteiger partial charge in [0.15, 0.2) is 5.01 Å². The highest BCUT2D eigenvalue weighted by atomic mass is 32.1. The Kier molecular flexibility index (Phi) is 7.17. The number of benzene rings is 4. The van der Waals surface area contributed by atoms with Crippen molar-refractivity contribution in [2.45, 2.75) is 12.7 Å². The quantitative estimate of drug-likeness (QED) is 0.275. The molecule has 0 saturated heterocycles. The average Bonchev–Trinajstić information content (AvgIpc) is 3.39. The summed E-state index contributed by atoms with van der Waals surface area (Å²) in [6.07, 6.45) is 0. The fourth-order valence-corrected chi connectivity index (χ4v) is 10.2. The lowest BCUT2D eigenvalue weighted by atomic mass is 10.3. The molecule has 4 aromatic carbocycles. The molecule has 5 nitrogen and oxygen atoms in total. The fourth-order valence-electron chi connectivity index (χ4n) is 4.44. The third-order valence-corrected chi connectivity index (χ3v) is 11.5. The largest absolute Gasteiger partial charge is 0.330 e. The molecule has 1 amide bonds. The zero-order valence-corrected chi connectivity index (χ0v) is 21.5. The summed E-state index contributed by atoms with van der Waals surface area (Å²) >= 11 is 1.47. The van der Waals surface area contributed by atoms with Crippen LogP contribution in [0.3, 0.4) is 0 Å². The number of para-hydroxylation sites is 1. The number of nitrogens with zero attached hydrogens (tertiary/aromatic N) is 2. The molecular formula is C29H26N4OPS+. The lowest BCUT2D eigenvalue weighted by Gasteiger charge is -2.33. The van der Waals surface area contributed by atoms with Crippen molar-refractivity contribution in [2.75, 3.05) is 5.32 Å². The van der Waals surface area contributed by atoms with Gasteiger partial charge < -0.3 is 10.6 Å². The molecule has 7 heteroatoms. The highest BCUT2D eigenvalue weighted by Gasteiger charge is 2.55. The Morgan fingerprint density at radius 1 is 0.694 bits per heavy atom. The molecule has 2 N–H and O–H groups in total. The lowest BCUT2D eigenvalue weighted by Crippen LogP contribution is -2.41. The number of anilines is 2. The molecule has 0 saturated carbocycles. The van der Waals surface area contributed by atoms with Crippen LogP contribution in [0.1, 0.15) is 17.7 Å². The Morgan fingerprint density at radius 3 is 1.58 bits per heavy atom. The molecule has 1 heterocycles. The first-order chi connectivity index (χ1) is 17.7. The number of aromatic nitrogens is 2. The molecule has 0 spiro atoms. The van der Waals surface area contributed by atoms with E-state index in [2.05, 4.69) is 93.6 Å². The molecule has 5 rings (SSSR count).